The molecule has 1 fully saturated rings. The van der Waals surface area contributed by atoms with Gasteiger partial charge in [0.25, 0.3) is 0 Å². The normalized spacial score (nSPS) is 15.3. The first-order valence-corrected chi connectivity index (χ1v) is 11.5. The van der Waals surface area contributed by atoms with Crippen LogP contribution in [0.15, 0.2) is 58.8 Å². The number of hydrogen-bond donors (Lipinski definition) is 1. The largest absolute Gasteiger partial charge is 0.379 e. The standard InChI is InChI=1S/C20H20FN3O3S2/c21-16-6-4-15(5-7-16)20-23-18(14-28-20)13-22-17-2-1-3-19(12-17)29(25,26)24-8-10-27-11-9-24/h1-7,12,14,22H,8-11,13H2. The minimum absolute atomic E-state index is 0.259. The van der Waals surface area contributed by atoms with Gasteiger partial charge in [0.2, 0.25) is 10.0 Å². The molecule has 4 rings (SSSR count). The lowest BCUT2D eigenvalue weighted by Crippen LogP contribution is -2.40. The molecule has 0 saturated carbocycles. The minimum atomic E-state index is -3.53. The van der Waals surface area contributed by atoms with Crippen LogP contribution in [-0.2, 0) is 21.3 Å². The zero-order valence-electron chi connectivity index (χ0n) is 15.5. The molecule has 1 aromatic heterocycles. The molecule has 152 valence electrons. The van der Waals surface area contributed by atoms with Gasteiger partial charge >= 0.3 is 0 Å². The van der Waals surface area contributed by atoms with E-state index in [1.807, 2.05) is 11.4 Å². The van der Waals surface area contributed by atoms with Crippen LogP contribution in [0.2, 0.25) is 0 Å². The minimum Gasteiger partial charge on any atom is -0.379 e. The summed E-state index contributed by atoms with van der Waals surface area (Å²) in [4.78, 5) is 4.82. The first-order valence-electron chi connectivity index (χ1n) is 9.14. The Hall–Kier alpha value is -2.33. The van der Waals surface area contributed by atoms with E-state index in [4.69, 9.17) is 4.74 Å². The second kappa shape index (κ2) is 8.58. The van der Waals surface area contributed by atoms with E-state index in [-0.39, 0.29) is 10.7 Å². The maximum Gasteiger partial charge on any atom is 0.243 e. The summed E-state index contributed by atoms with van der Waals surface area (Å²) >= 11 is 1.48. The molecule has 2 heterocycles. The topological polar surface area (TPSA) is 71.5 Å². The van der Waals surface area contributed by atoms with Crippen molar-refractivity contribution < 1.29 is 17.5 Å². The maximum atomic E-state index is 13.1. The van der Waals surface area contributed by atoms with Crippen LogP contribution in [0.3, 0.4) is 0 Å². The van der Waals surface area contributed by atoms with Gasteiger partial charge in [-0.1, -0.05) is 6.07 Å². The van der Waals surface area contributed by atoms with Gasteiger partial charge in [0, 0.05) is 29.7 Å². The molecule has 0 unspecified atom stereocenters. The lowest BCUT2D eigenvalue weighted by molar-refractivity contribution is 0.0730. The zero-order valence-corrected chi connectivity index (χ0v) is 17.2. The summed E-state index contributed by atoms with van der Waals surface area (Å²) in [6.45, 7) is 2.02. The van der Waals surface area contributed by atoms with Crippen molar-refractivity contribution in [3.63, 3.8) is 0 Å². The third kappa shape index (κ3) is 4.64. The number of anilines is 1. The van der Waals surface area contributed by atoms with Crippen LogP contribution in [0.4, 0.5) is 10.1 Å². The van der Waals surface area contributed by atoms with Crippen LogP contribution in [-0.4, -0.2) is 44.0 Å². The van der Waals surface area contributed by atoms with Gasteiger partial charge in [0.05, 0.1) is 30.3 Å². The van der Waals surface area contributed by atoms with Crippen LogP contribution in [0.5, 0.6) is 0 Å². The van der Waals surface area contributed by atoms with Crippen molar-refractivity contribution in [2.24, 2.45) is 0 Å². The Morgan fingerprint density at radius 1 is 1.14 bits per heavy atom. The first kappa shape index (κ1) is 20.0. The Bertz CT molecular complexity index is 1080. The monoisotopic (exact) mass is 433 g/mol. The molecule has 1 aliphatic heterocycles. The van der Waals surface area contributed by atoms with E-state index in [0.717, 1.165) is 16.3 Å². The smallest absolute Gasteiger partial charge is 0.243 e. The number of rotatable bonds is 6. The molecule has 29 heavy (non-hydrogen) atoms. The second-order valence-electron chi connectivity index (χ2n) is 6.55. The Balaban J connectivity index is 1.44. The summed E-state index contributed by atoms with van der Waals surface area (Å²) in [6, 6.07) is 13.0. The van der Waals surface area contributed by atoms with E-state index in [1.165, 1.54) is 27.8 Å². The molecule has 0 bridgehead atoms. The van der Waals surface area contributed by atoms with Crippen LogP contribution >= 0.6 is 11.3 Å². The Kier molecular flexibility index (Phi) is 5.91. The molecule has 0 radical (unpaired) electrons. The fourth-order valence-corrected chi connectivity index (χ4v) is 5.29. The molecule has 6 nitrogen and oxygen atoms in total. The lowest BCUT2D eigenvalue weighted by Gasteiger charge is -2.26. The van der Waals surface area contributed by atoms with Gasteiger partial charge < -0.3 is 10.1 Å². The fourth-order valence-electron chi connectivity index (χ4n) is 3.01. The Labute approximate surface area is 173 Å². The van der Waals surface area contributed by atoms with Crippen LogP contribution < -0.4 is 5.32 Å². The number of morpholine rings is 1. The number of hydrogen-bond acceptors (Lipinski definition) is 6. The average Bonchev–Trinajstić information content (AvgIpc) is 3.23. The number of nitrogens with zero attached hydrogens (tertiary/aromatic N) is 2. The second-order valence-corrected chi connectivity index (χ2v) is 9.34. The molecule has 1 saturated heterocycles. The van der Waals surface area contributed by atoms with E-state index in [1.54, 1.807) is 30.3 Å². The molecule has 2 aromatic carbocycles. The highest BCUT2D eigenvalue weighted by Crippen LogP contribution is 2.25. The van der Waals surface area contributed by atoms with Crippen LogP contribution in [0.1, 0.15) is 5.69 Å². The van der Waals surface area contributed by atoms with Gasteiger partial charge in [-0.05, 0) is 42.5 Å². The van der Waals surface area contributed by atoms with E-state index >= 15 is 0 Å². The van der Waals surface area contributed by atoms with Crippen LogP contribution in [0, 0.1) is 5.82 Å². The number of thiazole rings is 1. The van der Waals surface area contributed by atoms with Gasteiger partial charge in [-0.25, -0.2) is 17.8 Å². The maximum absolute atomic E-state index is 13.1. The van der Waals surface area contributed by atoms with E-state index < -0.39 is 10.0 Å². The zero-order chi connectivity index (χ0) is 20.3. The quantitative estimate of drug-likeness (QED) is 0.643. The molecule has 0 spiro atoms. The third-order valence-corrected chi connectivity index (χ3v) is 7.39. The highest BCUT2D eigenvalue weighted by molar-refractivity contribution is 7.89. The Morgan fingerprint density at radius 2 is 1.90 bits per heavy atom. The Morgan fingerprint density at radius 3 is 2.66 bits per heavy atom. The third-order valence-electron chi connectivity index (χ3n) is 4.56. The summed E-state index contributed by atoms with van der Waals surface area (Å²) in [6.07, 6.45) is 0. The molecule has 1 aliphatic rings. The fraction of sp³-hybridized carbons (Fsp3) is 0.250. The van der Waals surface area contributed by atoms with E-state index in [2.05, 4.69) is 10.3 Å². The average molecular weight is 434 g/mol. The first-order chi connectivity index (χ1) is 14.0. The van der Waals surface area contributed by atoms with Crippen molar-refractivity contribution in [1.82, 2.24) is 9.29 Å². The summed E-state index contributed by atoms with van der Waals surface area (Å²) < 4.78 is 45.4. The van der Waals surface area contributed by atoms with Gasteiger partial charge in [-0.2, -0.15) is 4.31 Å². The number of halogens is 1. The number of nitrogens with one attached hydrogen (secondary N) is 1. The van der Waals surface area contributed by atoms with Gasteiger partial charge in [-0.3, -0.25) is 0 Å². The van der Waals surface area contributed by atoms with Crippen molar-refractivity contribution in [3.05, 3.63) is 65.4 Å². The lowest BCUT2D eigenvalue weighted by atomic mass is 10.2. The van der Waals surface area contributed by atoms with Crippen molar-refractivity contribution in [2.75, 3.05) is 31.6 Å². The van der Waals surface area contributed by atoms with Crippen molar-refractivity contribution in [1.29, 1.82) is 0 Å². The molecule has 3 aromatic rings. The molecule has 9 heteroatoms. The molecular weight excluding hydrogens is 413 g/mol. The summed E-state index contributed by atoms with van der Waals surface area (Å²) in [5.74, 6) is -0.279. The van der Waals surface area contributed by atoms with Gasteiger partial charge in [0.1, 0.15) is 10.8 Å². The number of aromatic nitrogens is 1. The predicted octanol–water partition coefficient (Wildman–Crippen LogP) is 3.58. The van der Waals surface area contributed by atoms with E-state index in [9.17, 15) is 12.8 Å². The predicted molar refractivity (Wildman–Crippen MR) is 111 cm³/mol. The van der Waals surface area contributed by atoms with Crippen molar-refractivity contribution in [3.8, 4) is 10.6 Å². The molecular formula is C20H20FN3O3S2. The molecule has 0 amide bonds. The highest BCUT2D eigenvalue weighted by Gasteiger charge is 2.26. The highest BCUT2D eigenvalue weighted by atomic mass is 32.2. The van der Waals surface area contributed by atoms with Gasteiger partial charge in [-0.15, -0.1) is 11.3 Å². The summed E-state index contributed by atoms with van der Waals surface area (Å²) in [7, 11) is -3.53. The molecule has 0 atom stereocenters. The van der Waals surface area contributed by atoms with Crippen LogP contribution in [0.25, 0.3) is 10.6 Å². The molecule has 0 aliphatic carbocycles. The summed E-state index contributed by atoms with van der Waals surface area (Å²) in [5.41, 5.74) is 2.40. The SMILES string of the molecule is O=S(=O)(c1cccc(NCc2csc(-c3ccc(F)cc3)n2)c1)N1CCOCC1. The van der Waals surface area contributed by atoms with Crippen molar-refractivity contribution in [2.45, 2.75) is 11.4 Å². The van der Waals surface area contributed by atoms with Gasteiger partial charge in [0.15, 0.2) is 0 Å². The number of benzene rings is 2. The van der Waals surface area contributed by atoms with E-state index in [0.29, 0.717) is 38.5 Å². The van der Waals surface area contributed by atoms with Crippen molar-refractivity contribution >= 4 is 27.0 Å². The number of ether oxygens (including phenoxy) is 1. The number of sulfonamides is 1. The summed E-state index contributed by atoms with van der Waals surface area (Å²) in [5, 5.41) is 5.97. The molecule has 1 N–H and O–H groups in total.